The van der Waals surface area contributed by atoms with Gasteiger partial charge >= 0.3 is 18.1 Å². The summed E-state index contributed by atoms with van der Waals surface area (Å²) in [6.07, 6.45) is -2.92. The molecule has 0 fully saturated rings. The Bertz CT molecular complexity index is 1330. The summed E-state index contributed by atoms with van der Waals surface area (Å²) in [5, 5.41) is 1.75. The number of alkyl halides is 3. The number of ether oxygens (including phenoxy) is 3. The number of amides is 1. The van der Waals surface area contributed by atoms with Gasteiger partial charge in [-0.2, -0.15) is 13.2 Å². The zero-order chi connectivity index (χ0) is 29.4. The molecule has 1 atom stereocenters. The molecule has 7 nitrogen and oxygen atoms in total. The molecule has 214 valence electrons. The minimum atomic E-state index is -5.12. The first kappa shape index (κ1) is 32.2. The van der Waals surface area contributed by atoms with E-state index in [1.807, 2.05) is 24.3 Å². The van der Waals surface area contributed by atoms with Crippen molar-refractivity contribution in [2.45, 2.75) is 41.8 Å². The largest absolute Gasteiger partial charge is 0.496 e. The van der Waals surface area contributed by atoms with Crippen LogP contribution >= 0.6 is 56.9 Å². The minimum absolute atomic E-state index is 0.0271. The number of rotatable bonds is 11. The summed E-state index contributed by atoms with van der Waals surface area (Å²) in [6, 6.07) is 11.7. The van der Waals surface area contributed by atoms with Crippen molar-refractivity contribution in [3.05, 3.63) is 72.5 Å². The summed E-state index contributed by atoms with van der Waals surface area (Å²) in [5.41, 5.74) is 2.54. The average Bonchev–Trinajstić information content (AvgIpc) is 2.90. The molecule has 2 aromatic carbocycles. The summed E-state index contributed by atoms with van der Waals surface area (Å²) in [4.78, 5) is 30.0. The van der Waals surface area contributed by atoms with Crippen LogP contribution in [0.5, 0.6) is 11.6 Å². The minimum Gasteiger partial charge on any atom is -0.496 e. The Morgan fingerprint density at radius 3 is 2.27 bits per heavy atom. The van der Waals surface area contributed by atoms with E-state index in [2.05, 4.69) is 50.2 Å². The van der Waals surface area contributed by atoms with Crippen LogP contribution in [-0.4, -0.2) is 49.9 Å². The zero-order valence-electron chi connectivity index (χ0n) is 21.6. The summed E-state index contributed by atoms with van der Waals surface area (Å²) in [5.74, 6) is -1.85. The number of nitrogens with zero attached hydrogens (tertiary/aromatic N) is 1. The number of carbonyl (C=O) groups excluding carboxylic acids is 2. The van der Waals surface area contributed by atoms with Crippen molar-refractivity contribution >= 4 is 68.8 Å². The van der Waals surface area contributed by atoms with E-state index in [1.165, 1.54) is 18.7 Å². The highest BCUT2D eigenvalue weighted by Gasteiger charge is 2.41. The Hall–Kier alpha value is -2.27. The predicted molar refractivity (Wildman–Crippen MR) is 161 cm³/mol. The second-order valence-electron chi connectivity index (χ2n) is 8.33. The van der Waals surface area contributed by atoms with Crippen molar-refractivity contribution in [1.29, 1.82) is 0 Å². The lowest BCUT2D eigenvalue weighted by Crippen LogP contribution is -2.48. The van der Waals surface area contributed by atoms with Gasteiger partial charge < -0.3 is 19.5 Å². The third kappa shape index (κ3) is 8.86. The normalized spacial score (nSPS) is 12.0. The van der Waals surface area contributed by atoms with Gasteiger partial charge in [0.2, 0.25) is 5.88 Å². The topological polar surface area (TPSA) is 86.8 Å². The Kier molecular flexibility index (Phi) is 11.7. The second-order valence-corrected chi connectivity index (χ2v) is 11.7. The highest BCUT2D eigenvalue weighted by Crippen LogP contribution is 2.38. The third-order valence-corrected chi connectivity index (χ3v) is 9.07. The lowest BCUT2D eigenvalue weighted by Gasteiger charge is -2.19. The molecule has 0 saturated heterocycles. The summed E-state index contributed by atoms with van der Waals surface area (Å²) in [7, 11) is 3.18. The SMILES string of the molecule is CCOC(=O)[C@H](Cc1cc(I)c(Sc2ccc(OC)c(Cc3ccc(OC)nc3)c2)c(I)c1)NC(=O)C(F)(F)F. The average molecular weight is 800 g/mol. The van der Waals surface area contributed by atoms with E-state index >= 15 is 0 Å². The van der Waals surface area contributed by atoms with Crippen LogP contribution in [0.2, 0.25) is 0 Å². The van der Waals surface area contributed by atoms with Crippen LogP contribution in [0, 0.1) is 7.14 Å². The molecule has 3 aromatic rings. The van der Waals surface area contributed by atoms with Gasteiger partial charge in [-0.3, -0.25) is 4.79 Å². The molecule has 13 heteroatoms. The Morgan fingerprint density at radius 2 is 1.73 bits per heavy atom. The lowest BCUT2D eigenvalue weighted by atomic mass is 10.1. The summed E-state index contributed by atoms with van der Waals surface area (Å²) >= 11 is 5.83. The number of carbonyl (C=O) groups is 2. The standard InChI is InChI=1S/C27H25F3I2N2O5S/c1-4-39-25(35)21(34-26(36)27(28,29)30)12-16-10-19(31)24(20(32)11-16)40-18-6-7-22(37-2)17(13-18)9-15-5-8-23(38-3)33-14-15/h5-8,10-11,13-14,21H,4,9,12H2,1-3H3,(H,34,36)/t21-/m0/s1. The van der Waals surface area contributed by atoms with E-state index in [0.717, 1.165) is 33.8 Å². The van der Waals surface area contributed by atoms with E-state index in [0.29, 0.717) is 17.9 Å². The van der Waals surface area contributed by atoms with Crippen molar-refractivity contribution in [1.82, 2.24) is 10.3 Å². The number of pyridine rings is 1. The van der Waals surface area contributed by atoms with Crippen LogP contribution in [0.15, 0.2) is 58.5 Å². The van der Waals surface area contributed by atoms with Gasteiger partial charge in [-0.1, -0.05) is 17.8 Å². The fourth-order valence-electron chi connectivity index (χ4n) is 3.67. The molecule has 1 aromatic heterocycles. The number of halogens is 5. The van der Waals surface area contributed by atoms with E-state index < -0.39 is 24.1 Å². The molecule has 1 heterocycles. The number of benzene rings is 2. The molecule has 0 radical (unpaired) electrons. The van der Waals surface area contributed by atoms with Crippen LogP contribution in [0.1, 0.15) is 23.6 Å². The quantitative estimate of drug-likeness (QED) is 0.183. The molecule has 0 aliphatic carbocycles. The molecule has 0 unspecified atom stereocenters. The van der Waals surface area contributed by atoms with Gasteiger partial charge in [0.15, 0.2) is 0 Å². The zero-order valence-corrected chi connectivity index (χ0v) is 26.7. The summed E-state index contributed by atoms with van der Waals surface area (Å²) in [6.45, 7) is 1.51. The molecule has 1 N–H and O–H groups in total. The monoisotopic (exact) mass is 800 g/mol. The van der Waals surface area contributed by atoms with Crippen LogP contribution in [-0.2, 0) is 27.2 Å². The van der Waals surface area contributed by atoms with Crippen LogP contribution < -0.4 is 14.8 Å². The van der Waals surface area contributed by atoms with Crippen molar-refractivity contribution in [2.75, 3.05) is 20.8 Å². The third-order valence-electron chi connectivity index (χ3n) is 5.50. The van der Waals surface area contributed by atoms with Gasteiger partial charge in [-0.25, -0.2) is 9.78 Å². The maximum absolute atomic E-state index is 12.8. The van der Waals surface area contributed by atoms with Gasteiger partial charge in [0, 0.05) is 42.0 Å². The van der Waals surface area contributed by atoms with Gasteiger partial charge in [0.25, 0.3) is 0 Å². The van der Waals surface area contributed by atoms with Crippen LogP contribution in [0.3, 0.4) is 0 Å². The molecule has 0 aliphatic heterocycles. The first-order chi connectivity index (χ1) is 18.9. The second kappa shape index (κ2) is 14.6. The Morgan fingerprint density at radius 1 is 1.02 bits per heavy atom. The smallest absolute Gasteiger partial charge is 0.471 e. The molecule has 3 rings (SSSR count). The van der Waals surface area contributed by atoms with Crippen LogP contribution in [0.4, 0.5) is 13.2 Å². The molecule has 1 amide bonds. The number of esters is 1. The fourth-order valence-corrected chi connectivity index (χ4v) is 7.11. The number of hydrogen-bond acceptors (Lipinski definition) is 7. The maximum atomic E-state index is 12.8. The molecule has 0 bridgehead atoms. The molecule has 0 saturated carbocycles. The first-order valence-electron chi connectivity index (χ1n) is 11.8. The van der Waals surface area contributed by atoms with E-state index in [4.69, 9.17) is 14.2 Å². The van der Waals surface area contributed by atoms with Crippen molar-refractivity contribution in [3.8, 4) is 11.6 Å². The molecular formula is C27H25F3I2N2O5S. The highest BCUT2D eigenvalue weighted by atomic mass is 127. The van der Waals surface area contributed by atoms with Crippen molar-refractivity contribution in [3.63, 3.8) is 0 Å². The fraction of sp³-hybridized carbons (Fsp3) is 0.296. The Balaban J connectivity index is 1.83. The van der Waals surface area contributed by atoms with E-state index in [9.17, 15) is 22.8 Å². The van der Waals surface area contributed by atoms with Gasteiger partial charge in [-0.05, 0) is 99.1 Å². The molecular weight excluding hydrogens is 775 g/mol. The van der Waals surface area contributed by atoms with Gasteiger partial charge in [0.1, 0.15) is 11.8 Å². The lowest BCUT2D eigenvalue weighted by molar-refractivity contribution is -0.175. The van der Waals surface area contributed by atoms with Crippen molar-refractivity contribution < 1.29 is 37.0 Å². The number of aromatic nitrogens is 1. The number of hydrogen-bond donors (Lipinski definition) is 1. The van der Waals surface area contributed by atoms with Crippen molar-refractivity contribution in [2.24, 2.45) is 0 Å². The van der Waals surface area contributed by atoms with Crippen LogP contribution in [0.25, 0.3) is 0 Å². The van der Waals surface area contributed by atoms with E-state index in [-0.39, 0.29) is 13.0 Å². The summed E-state index contributed by atoms with van der Waals surface area (Å²) < 4.78 is 55.7. The molecule has 0 aliphatic rings. The van der Waals surface area contributed by atoms with Gasteiger partial charge in [-0.15, -0.1) is 0 Å². The first-order valence-corrected chi connectivity index (χ1v) is 14.8. The predicted octanol–water partition coefficient (Wildman–Crippen LogP) is 6.20. The number of nitrogens with one attached hydrogen (secondary N) is 1. The molecule has 40 heavy (non-hydrogen) atoms. The number of methoxy groups -OCH3 is 2. The maximum Gasteiger partial charge on any atom is 0.471 e. The van der Waals surface area contributed by atoms with Gasteiger partial charge in [0.05, 0.1) is 20.8 Å². The van der Waals surface area contributed by atoms with E-state index in [1.54, 1.807) is 43.9 Å². The highest BCUT2D eigenvalue weighted by molar-refractivity contribution is 14.1. The Labute approximate surface area is 261 Å². The molecule has 0 spiro atoms.